The summed E-state index contributed by atoms with van der Waals surface area (Å²) in [4.78, 5) is 10.8. The molecule has 5 heteroatoms. The average Bonchev–Trinajstić information content (AvgIpc) is 2.85. The van der Waals surface area contributed by atoms with E-state index >= 15 is 0 Å². The first-order valence-electron chi connectivity index (χ1n) is 8.27. The normalized spacial score (nSPS) is 14.4. The number of ether oxygens (including phenoxy) is 1. The molecule has 2 aromatic heterocycles. The van der Waals surface area contributed by atoms with Gasteiger partial charge in [0.2, 0.25) is 0 Å². The van der Waals surface area contributed by atoms with Crippen molar-refractivity contribution in [3.05, 3.63) is 76.8 Å². The van der Waals surface area contributed by atoms with Crippen LogP contribution in [0.1, 0.15) is 11.1 Å². The topological polar surface area (TPSA) is 38.2 Å². The van der Waals surface area contributed by atoms with Crippen molar-refractivity contribution < 1.29 is 4.74 Å². The van der Waals surface area contributed by atoms with Crippen molar-refractivity contribution >= 4 is 15.9 Å². The Balaban J connectivity index is 1.57. The van der Waals surface area contributed by atoms with Crippen LogP contribution in [0.2, 0.25) is 0 Å². The molecule has 1 aliphatic heterocycles. The maximum absolute atomic E-state index is 5.95. The van der Waals surface area contributed by atoms with E-state index in [0.717, 1.165) is 30.0 Å². The summed E-state index contributed by atoms with van der Waals surface area (Å²) >= 11 is 3.39. The molecule has 0 amide bonds. The molecule has 0 N–H and O–H groups in total. The van der Waals surface area contributed by atoms with Crippen LogP contribution >= 0.6 is 15.9 Å². The van der Waals surface area contributed by atoms with Gasteiger partial charge in [0.05, 0.1) is 0 Å². The molecule has 3 heterocycles. The predicted octanol–water partition coefficient (Wildman–Crippen LogP) is 4.30. The van der Waals surface area contributed by atoms with E-state index < -0.39 is 0 Å². The zero-order chi connectivity index (χ0) is 17.1. The van der Waals surface area contributed by atoms with E-state index in [9.17, 15) is 0 Å². The number of halogens is 1. The van der Waals surface area contributed by atoms with Gasteiger partial charge >= 0.3 is 0 Å². The molecule has 0 saturated heterocycles. The van der Waals surface area contributed by atoms with Crippen LogP contribution in [-0.4, -0.2) is 28.0 Å². The summed E-state index contributed by atoms with van der Waals surface area (Å²) in [5, 5.41) is 0. The summed E-state index contributed by atoms with van der Waals surface area (Å²) in [5.41, 5.74) is 4.79. The average molecular weight is 396 g/mol. The van der Waals surface area contributed by atoms with E-state index in [1.807, 2.05) is 36.8 Å². The van der Waals surface area contributed by atoms with E-state index in [1.165, 1.54) is 22.3 Å². The Morgan fingerprint density at radius 3 is 2.72 bits per heavy atom. The van der Waals surface area contributed by atoms with Crippen LogP contribution in [0.4, 0.5) is 0 Å². The Kier molecular flexibility index (Phi) is 4.76. The molecule has 126 valence electrons. The van der Waals surface area contributed by atoms with Crippen LogP contribution in [0.15, 0.2) is 65.7 Å². The lowest BCUT2D eigenvalue weighted by atomic mass is 10.0. The highest BCUT2D eigenvalue weighted by atomic mass is 79.9. The third-order valence-corrected chi connectivity index (χ3v) is 4.80. The number of fused-ring (bicyclic) bond motifs is 1. The molecule has 0 saturated carbocycles. The Morgan fingerprint density at radius 1 is 1.04 bits per heavy atom. The number of aromatic nitrogens is 2. The molecule has 1 aromatic carbocycles. The molecule has 25 heavy (non-hydrogen) atoms. The van der Waals surface area contributed by atoms with E-state index in [4.69, 9.17) is 4.74 Å². The second kappa shape index (κ2) is 7.33. The smallest absolute Gasteiger partial charge is 0.123 e. The summed E-state index contributed by atoms with van der Waals surface area (Å²) in [7, 11) is 0. The number of pyridine rings is 2. The minimum atomic E-state index is 0.700. The number of rotatable bonds is 3. The second-order valence-electron chi connectivity index (χ2n) is 6.11. The van der Waals surface area contributed by atoms with Gasteiger partial charge in [-0.15, -0.1) is 0 Å². The molecular weight excluding hydrogens is 378 g/mol. The molecule has 1 aliphatic rings. The number of nitrogens with zero attached hydrogens (tertiary/aromatic N) is 3. The molecule has 4 rings (SSSR count). The molecule has 0 radical (unpaired) electrons. The number of hydrogen-bond acceptors (Lipinski definition) is 4. The van der Waals surface area contributed by atoms with Gasteiger partial charge in [-0.1, -0.05) is 12.1 Å². The van der Waals surface area contributed by atoms with Crippen LogP contribution in [0.5, 0.6) is 5.75 Å². The summed E-state index contributed by atoms with van der Waals surface area (Å²) < 4.78 is 6.81. The molecule has 0 aliphatic carbocycles. The lowest BCUT2D eigenvalue weighted by Crippen LogP contribution is -2.25. The van der Waals surface area contributed by atoms with Gasteiger partial charge < -0.3 is 4.74 Å². The molecule has 0 spiro atoms. The Hall–Kier alpha value is -2.24. The van der Waals surface area contributed by atoms with Crippen LogP contribution in [0, 0.1) is 0 Å². The Morgan fingerprint density at radius 2 is 1.92 bits per heavy atom. The van der Waals surface area contributed by atoms with Crippen LogP contribution in [-0.2, 0) is 13.1 Å². The highest BCUT2D eigenvalue weighted by molar-refractivity contribution is 9.10. The van der Waals surface area contributed by atoms with Crippen molar-refractivity contribution in [1.29, 1.82) is 0 Å². The van der Waals surface area contributed by atoms with Gasteiger partial charge in [0, 0.05) is 43.8 Å². The van der Waals surface area contributed by atoms with Gasteiger partial charge in [-0.3, -0.25) is 9.88 Å². The molecule has 0 atom stereocenters. The lowest BCUT2D eigenvalue weighted by Gasteiger charge is -2.19. The predicted molar refractivity (Wildman–Crippen MR) is 101 cm³/mol. The fourth-order valence-electron chi connectivity index (χ4n) is 3.07. The van der Waals surface area contributed by atoms with Crippen molar-refractivity contribution in [1.82, 2.24) is 14.9 Å². The fourth-order valence-corrected chi connectivity index (χ4v) is 3.30. The fraction of sp³-hybridized carbons (Fsp3) is 0.200. The zero-order valence-corrected chi connectivity index (χ0v) is 15.3. The minimum Gasteiger partial charge on any atom is -0.492 e. The van der Waals surface area contributed by atoms with Gasteiger partial charge in [0.1, 0.15) is 17.0 Å². The van der Waals surface area contributed by atoms with Gasteiger partial charge in [-0.05, 0) is 63.0 Å². The summed E-state index contributed by atoms with van der Waals surface area (Å²) in [6.45, 7) is 3.33. The van der Waals surface area contributed by atoms with E-state index in [2.05, 4.69) is 55.1 Å². The first kappa shape index (κ1) is 16.2. The number of hydrogen-bond donors (Lipinski definition) is 0. The Labute approximate surface area is 155 Å². The van der Waals surface area contributed by atoms with Crippen molar-refractivity contribution in [3.8, 4) is 16.9 Å². The molecule has 0 bridgehead atoms. The SMILES string of the molecule is Brc1ccc(CN2CCOc3ccc(-c4ccncc4)cc3C2)cn1. The number of benzene rings is 1. The van der Waals surface area contributed by atoms with Crippen LogP contribution < -0.4 is 4.74 Å². The monoisotopic (exact) mass is 395 g/mol. The quantitative estimate of drug-likeness (QED) is 0.619. The van der Waals surface area contributed by atoms with Crippen molar-refractivity contribution in [3.63, 3.8) is 0 Å². The van der Waals surface area contributed by atoms with Gasteiger partial charge in [-0.25, -0.2) is 4.98 Å². The van der Waals surface area contributed by atoms with Gasteiger partial charge in [0.25, 0.3) is 0 Å². The largest absolute Gasteiger partial charge is 0.492 e. The van der Waals surface area contributed by atoms with Gasteiger partial charge in [0.15, 0.2) is 0 Å². The summed E-state index contributed by atoms with van der Waals surface area (Å²) in [5.74, 6) is 0.981. The van der Waals surface area contributed by atoms with E-state index in [-0.39, 0.29) is 0 Å². The molecule has 0 fully saturated rings. The second-order valence-corrected chi connectivity index (χ2v) is 6.92. The van der Waals surface area contributed by atoms with Crippen molar-refractivity contribution in [2.45, 2.75) is 13.1 Å². The third-order valence-electron chi connectivity index (χ3n) is 4.33. The molecule has 3 aromatic rings. The van der Waals surface area contributed by atoms with E-state index in [0.29, 0.717) is 6.61 Å². The zero-order valence-electron chi connectivity index (χ0n) is 13.7. The minimum absolute atomic E-state index is 0.700. The highest BCUT2D eigenvalue weighted by Gasteiger charge is 2.16. The van der Waals surface area contributed by atoms with Gasteiger partial charge in [-0.2, -0.15) is 0 Å². The maximum atomic E-state index is 5.95. The standard InChI is InChI=1S/C20H18BrN3O/c21-20-4-1-15(12-23-20)13-24-9-10-25-19-3-2-17(11-18(19)14-24)16-5-7-22-8-6-16/h1-8,11-12H,9-10,13-14H2. The Bertz CT molecular complexity index is 853. The third kappa shape index (κ3) is 3.89. The first-order valence-corrected chi connectivity index (χ1v) is 9.06. The summed E-state index contributed by atoms with van der Waals surface area (Å²) in [6, 6.07) is 14.6. The maximum Gasteiger partial charge on any atom is 0.123 e. The van der Waals surface area contributed by atoms with Crippen molar-refractivity contribution in [2.75, 3.05) is 13.2 Å². The highest BCUT2D eigenvalue weighted by Crippen LogP contribution is 2.29. The van der Waals surface area contributed by atoms with Crippen LogP contribution in [0.25, 0.3) is 11.1 Å². The lowest BCUT2D eigenvalue weighted by molar-refractivity contribution is 0.219. The van der Waals surface area contributed by atoms with Crippen LogP contribution in [0.3, 0.4) is 0 Å². The molecule has 4 nitrogen and oxygen atoms in total. The molecule has 0 unspecified atom stereocenters. The van der Waals surface area contributed by atoms with Crippen molar-refractivity contribution in [2.24, 2.45) is 0 Å². The molecular formula is C20H18BrN3O. The van der Waals surface area contributed by atoms with E-state index in [1.54, 1.807) is 0 Å². The first-order chi connectivity index (χ1) is 12.3. The summed E-state index contributed by atoms with van der Waals surface area (Å²) in [6.07, 6.45) is 5.57.